The fourth-order valence-electron chi connectivity index (χ4n) is 4.54. The Bertz CT molecular complexity index is 952. The highest BCUT2D eigenvalue weighted by atomic mass is 16.5. The van der Waals surface area contributed by atoms with Gasteiger partial charge < -0.3 is 19.7 Å². The molecule has 2 fully saturated rings. The average Bonchev–Trinajstić information content (AvgIpc) is 3.38. The number of hydrogen-bond acceptors (Lipinski definition) is 4. The lowest BCUT2D eigenvalue weighted by molar-refractivity contribution is -0.128. The van der Waals surface area contributed by atoms with Crippen molar-refractivity contribution in [1.29, 1.82) is 0 Å². The molecule has 1 saturated heterocycles. The molecule has 0 radical (unpaired) electrons. The van der Waals surface area contributed by atoms with Crippen molar-refractivity contribution in [3.05, 3.63) is 53.6 Å². The third-order valence-electron chi connectivity index (χ3n) is 6.09. The predicted octanol–water partition coefficient (Wildman–Crippen LogP) is 4.49. The number of anilines is 1. The van der Waals surface area contributed by atoms with Gasteiger partial charge in [0.15, 0.2) is 11.5 Å². The van der Waals surface area contributed by atoms with Crippen molar-refractivity contribution in [2.24, 2.45) is 0 Å². The third-order valence-corrected chi connectivity index (χ3v) is 6.09. The molecule has 0 bridgehead atoms. The fourth-order valence-corrected chi connectivity index (χ4v) is 4.54. The molecule has 1 saturated carbocycles. The van der Waals surface area contributed by atoms with Gasteiger partial charge in [-0.1, -0.05) is 18.2 Å². The molecule has 6 nitrogen and oxygen atoms in total. The van der Waals surface area contributed by atoms with E-state index in [9.17, 15) is 9.59 Å². The molecule has 1 aliphatic carbocycles. The Kier molecular flexibility index (Phi) is 6.44. The highest BCUT2D eigenvalue weighted by Crippen LogP contribution is 2.37. The first-order valence-electron chi connectivity index (χ1n) is 11.0. The maximum atomic E-state index is 12.7. The zero-order chi connectivity index (χ0) is 21.8. The van der Waals surface area contributed by atoms with Crippen LogP contribution in [0, 0.1) is 0 Å². The second-order valence-corrected chi connectivity index (χ2v) is 8.49. The second kappa shape index (κ2) is 9.41. The summed E-state index contributed by atoms with van der Waals surface area (Å²) in [6, 6.07) is 13.7. The van der Waals surface area contributed by atoms with Crippen LogP contribution in [0.15, 0.2) is 42.5 Å². The van der Waals surface area contributed by atoms with Crippen LogP contribution in [-0.4, -0.2) is 36.5 Å². The molecule has 2 aromatic carbocycles. The van der Waals surface area contributed by atoms with Crippen LogP contribution in [0.3, 0.4) is 0 Å². The normalized spacial score (nSPS) is 19.0. The summed E-state index contributed by atoms with van der Waals surface area (Å²) in [4.78, 5) is 25.9. The van der Waals surface area contributed by atoms with Crippen LogP contribution in [0.25, 0.3) is 0 Å². The molecule has 1 atom stereocenters. The summed E-state index contributed by atoms with van der Waals surface area (Å²) in [5.74, 6) is 1.68. The summed E-state index contributed by atoms with van der Waals surface area (Å²) < 4.78 is 11.7. The Hall–Kier alpha value is -3.02. The van der Waals surface area contributed by atoms with Gasteiger partial charge in [-0.25, -0.2) is 0 Å². The summed E-state index contributed by atoms with van der Waals surface area (Å²) in [5, 5.41) is 2.79. The highest BCUT2D eigenvalue weighted by Gasteiger charge is 2.31. The standard InChI is InChI=1S/C25H30N2O4/c1-17(28)26-21-7-5-6-18(12-21)15-27-16-20(14-25(27)29)19-10-11-23(30-2)24(13-19)31-22-8-3-4-9-22/h5-7,10-13,20,22H,3-4,8-9,14-16H2,1-2H3,(H,26,28). The van der Waals surface area contributed by atoms with E-state index in [4.69, 9.17) is 9.47 Å². The number of likely N-dealkylation sites (tertiary alicyclic amines) is 1. The third kappa shape index (κ3) is 5.19. The Morgan fingerprint density at radius 1 is 1.13 bits per heavy atom. The first-order chi connectivity index (χ1) is 15.0. The molecule has 31 heavy (non-hydrogen) atoms. The number of methoxy groups -OCH3 is 1. The van der Waals surface area contributed by atoms with Crippen molar-refractivity contribution < 1.29 is 19.1 Å². The number of carbonyl (C=O) groups excluding carboxylic acids is 2. The van der Waals surface area contributed by atoms with E-state index >= 15 is 0 Å². The summed E-state index contributed by atoms with van der Waals surface area (Å²) >= 11 is 0. The number of ether oxygens (including phenoxy) is 2. The lowest BCUT2D eigenvalue weighted by Crippen LogP contribution is -2.24. The van der Waals surface area contributed by atoms with Crippen LogP contribution < -0.4 is 14.8 Å². The van der Waals surface area contributed by atoms with Crippen molar-refractivity contribution in [2.75, 3.05) is 19.0 Å². The Morgan fingerprint density at radius 3 is 2.68 bits per heavy atom. The van der Waals surface area contributed by atoms with Crippen LogP contribution in [-0.2, 0) is 16.1 Å². The van der Waals surface area contributed by atoms with E-state index < -0.39 is 0 Å². The van der Waals surface area contributed by atoms with E-state index in [1.54, 1.807) is 7.11 Å². The van der Waals surface area contributed by atoms with E-state index in [0.717, 1.165) is 41.2 Å². The zero-order valence-electron chi connectivity index (χ0n) is 18.2. The molecule has 6 heteroatoms. The van der Waals surface area contributed by atoms with E-state index in [1.807, 2.05) is 41.3 Å². The number of hydrogen-bond donors (Lipinski definition) is 1. The van der Waals surface area contributed by atoms with Gasteiger partial charge >= 0.3 is 0 Å². The number of rotatable bonds is 7. The van der Waals surface area contributed by atoms with Crippen molar-refractivity contribution in [3.8, 4) is 11.5 Å². The Labute approximate surface area is 183 Å². The number of benzene rings is 2. The highest BCUT2D eigenvalue weighted by molar-refractivity contribution is 5.88. The number of amides is 2. The molecule has 4 rings (SSSR count). The van der Waals surface area contributed by atoms with E-state index in [2.05, 4.69) is 11.4 Å². The van der Waals surface area contributed by atoms with Crippen molar-refractivity contribution in [3.63, 3.8) is 0 Å². The van der Waals surface area contributed by atoms with Crippen LogP contribution in [0.2, 0.25) is 0 Å². The van der Waals surface area contributed by atoms with Gasteiger partial charge in [0, 0.05) is 38.0 Å². The van der Waals surface area contributed by atoms with Gasteiger partial charge in [0.2, 0.25) is 11.8 Å². The predicted molar refractivity (Wildman–Crippen MR) is 119 cm³/mol. The summed E-state index contributed by atoms with van der Waals surface area (Å²) in [6.07, 6.45) is 5.33. The van der Waals surface area contributed by atoms with Crippen LogP contribution in [0.5, 0.6) is 11.5 Å². The minimum absolute atomic E-state index is 0.107. The van der Waals surface area contributed by atoms with Gasteiger partial charge in [-0.05, 0) is 61.1 Å². The Morgan fingerprint density at radius 2 is 1.94 bits per heavy atom. The molecule has 1 N–H and O–H groups in total. The molecule has 1 aliphatic heterocycles. The van der Waals surface area contributed by atoms with Crippen molar-refractivity contribution in [1.82, 2.24) is 4.90 Å². The van der Waals surface area contributed by atoms with Gasteiger partial charge in [0.1, 0.15) is 0 Å². The molecule has 0 aromatic heterocycles. The minimum Gasteiger partial charge on any atom is -0.493 e. The monoisotopic (exact) mass is 422 g/mol. The minimum atomic E-state index is -0.107. The van der Waals surface area contributed by atoms with Gasteiger partial charge in [-0.2, -0.15) is 0 Å². The first-order valence-corrected chi connectivity index (χ1v) is 11.0. The topological polar surface area (TPSA) is 67.9 Å². The molecular formula is C25H30N2O4. The number of nitrogens with one attached hydrogen (secondary N) is 1. The lowest BCUT2D eigenvalue weighted by Gasteiger charge is -2.19. The molecule has 0 spiro atoms. The summed E-state index contributed by atoms with van der Waals surface area (Å²) in [7, 11) is 1.66. The molecule has 2 aromatic rings. The maximum absolute atomic E-state index is 12.7. The quantitative estimate of drug-likeness (QED) is 0.714. The van der Waals surface area contributed by atoms with Gasteiger partial charge in [0.25, 0.3) is 0 Å². The van der Waals surface area contributed by atoms with E-state index in [-0.39, 0.29) is 23.8 Å². The Balaban J connectivity index is 1.45. The fraction of sp³-hybridized carbons (Fsp3) is 0.440. The molecular weight excluding hydrogens is 392 g/mol. The summed E-state index contributed by atoms with van der Waals surface area (Å²) in [5.41, 5.74) is 2.86. The molecule has 2 amide bonds. The van der Waals surface area contributed by atoms with Gasteiger partial charge in [-0.15, -0.1) is 0 Å². The van der Waals surface area contributed by atoms with Crippen molar-refractivity contribution in [2.45, 2.75) is 57.6 Å². The molecule has 2 aliphatic rings. The van der Waals surface area contributed by atoms with Gasteiger partial charge in [0.05, 0.1) is 13.2 Å². The van der Waals surface area contributed by atoms with Gasteiger partial charge in [-0.3, -0.25) is 9.59 Å². The van der Waals surface area contributed by atoms with Crippen LogP contribution >= 0.6 is 0 Å². The number of nitrogens with zero attached hydrogens (tertiary/aromatic N) is 1. The maximum Gasteiger partial charge on any atom is 0.223 e. The molecule has 164 valence electrons. The molecule has 1 unspecified atom stereocenters. The average molecular weight is 423 g/mol. The first kappa shape index (κ1) is 21.2. The zero-order valence-corrected chi connectivity index (χ0v) is 18.2. The van der Waals surface area contributed by atoms with Crippen LogP contribution in [0.1, 0.15) is 56.1 Å². The SMILES string of the molecule is COc1ccc(C2CC(=O)N(Cc3cccc(NC(C)=O)c3)C2)cc1OC1CCCC1. The molecule has 1 heterocycles. The van der Waals surface area contributed by atoms with E-state index in [0.29, 0.717) is 19.5 Å². The smallest absolute Gasteiger partial charge is 0.223 e. The second-order valence-electron chi connectivity index (χ2n) is 8.49. The summed E-state index contributed by atoms with van der Waals surface area (Å²) in [6.45, 7) is 2.68. The largest absolute Gasteiger partial charge is 0.493 e. The van der Waals surface area contributed by atoms with Crippen LogP contribution in [0.4, 0.5) is 5.69 Å². The lowest BCUT2D eigenvalue weighted by atomic mass is 9.98. The van der Waals surface area contributed by atoms with E-state index in [1.165, 1.54) is 19.8 Å². The number of carbonyl (C=O) groups is 2. The van der Waals surface area contributed by atoms with Crippen molar-refractivity contribution >= 4 is 17.5 Å².